The second kappa shape index (κ2) is 7.36. The molecule has 0 aliphatic rings. The molecule has 1 heterocycles. The lowest BCUT2D eigenvalue weighted by molar-refractivity contribution is 0.646. The van der Waals surface area contributed by atoms with Crippen LogP contribution in [0.4, 0.5) is 0 Å². The second-order valence-corrected chi connectivity index (χ2v) is 4.42. The number of hydrogen-bond acceptors (Lipinski definition) is 2. The van der Waals surface area contributed by atoms with Crippen molar-refractivity contribution in [3.63, 3.8) is 0 Å². The van der Waals surface area contributed by atoms with Crippen LogP contribution in [0.3, 0.4) is 0 Å². The quantitative estimate of drug-likeness (QED) is 0.749. The average Bonchev–Trinajstić information content (AvgIpc) is 2.45. The zero-order valence-corrected chi connectivity index (χ0v) is 9.93. The van der Waals surface area contributed by atoms with Crippen LogP contribution in [-0.4, -0.2) is 6.54 Å². The van der Waals surface area contributed by atoms with Crippen LogP contribution in [0.5, 0.6) is 0 Å². The first-order valence-corrected chi connectivity index (χ1v) is 5.40. The van der Waals surface area contributed by atoms with Crippen molar-refractivity contribution in [3.8, 4) is 0 Å². The minimum atomic E-state index is 0. The predicted octanol–water partition coefficient (Wildman–Crippen LogP) is 3.37. The summed E-state index contributed by atoms with van der Waals surface area (Å²) in [7, 11) is 0. The molecule has 0 atom stereocenters. The van der Waals surface area contributed by atoms with Gasteiger partial charge >= 0.3 is 0 Å². The van der Waals surface area contributed by atoms with E-state index in [4.69, 9.17) is 0 Å². The highest BCUT2D eigenvalue weighted by molar-refractivity contribution is 7.11. The fraction of sp³-hybridized carbons (Fsp3) is 0.600. The van der Waals surface area contributed by atoms with Gasteiger partial charge in [0.25, 0.3) is 0 Å². The van der Waals surface area contributed by atoms with Gasteiger partial charge < -0.3 is 5.32 Å². The Bertz CT molecular complexity index is 222. The Kier molecular flexibility index (Phi) is 7.33. The SMILES string of the molecule is CCCCNCc1ccc(C)s1.Cl. The van der Waals surface area contributed by atoms with Crippen molar-refractivity contribution in [2.24, 2.45) is 0 Å². The zero-order valence-electron chi connectivity index (χ0n) is 8.30. The third-order valence-corrected chi connectivity index (χ3v) is 2.80. The molecule has 0 saturated heterocycles. The molecule has 1 aromatic heterocycles. The Labute approximate surface area is 91.0 Å². The second-order valence-electron chi connectivity index (χ2n) is 3.04. The highest BCUT2D eigenvalue weighted by atomic mass is 35.5. The molecule has 0 aliphatic heterocycles. The fourth-order valence-electron chi connectivity index (χ4n) is 1.09. The van der Waals surface area contributed by atoms with Gasteiger partial charge in [-0.25, -0.2) is 0 Å². The average molecular weight is 220 g/mol. The van der Waals surface area contributed by atoms with Gasteiger partial charge in [0.2, 0.25) is 0 Å². The molecule has 0 bridgehead atoms. The van der Waals surface area contributed by atoms with Crippen LogP contribution in [-0.2, 0) is 6.54 Å². The van der Waals surface area contributed by atoms with Crippen molar-refractivity contribution in [2.45, 2.75) is 33.2 Å². The molecule has 3 heteroatoms. The summed E-state index contributed by atoms with van der Waals surface area (Å²) in [6.45, 7) is 6.56. The van der Waals surface area contributed by atoms with E-state index in [0.717, 1.165) is 13.1 Å². The molecule has 13 heavy (non-hydrogen) atoms. The summed E-state index contributed by atoms with van der Waals surface area (Å²) in [5, 5.41) is 3.43. The van der Waals surface area contributed by atoms with Gasteiger partial charge in [-0.3, -0.25) is 0 Å². The molecule has 1 nitrogen and oxygen atoms in total. The zero-order chi connectivity index (χ0) is 8.81. The van der Waals surface area contributed by atoms with Crippen LogP contribution < -0.4 is 5.32 Å². The lowest BCUT2D eigenvalue weighted by Crippen LogP contribution is -2.13. The predicted molar refractivity (Wildman–Crippen MR) is 62.9 cm³/mol. The molecule has 0 fully saturated rings. The Morgan fingerprint density at radius 3 is 2.69 bits per heavy atom. The van der Waals surface area contributed by atoms with E-state index in [1.54, 1.807) is 0 Å². The molecule has 0 amide bonds. The highest BCUT2D eigenvalue weighted by Gasteiger charge is 1.94. The van der Waals surface area contributed by atoms with E-state index in [2.05, 4.69) is 31.3 Å². The molecule has 1 N–H and O–H groups in total. The Balaban J connectivity index is 0.00000144. The molecule has 1 rings (SSSR count). The molecule has 0 saturated carbocycles. The van der Waals surface area contributed by atoms with Crippen LogP contribution in [0.1, 0.15) is 29.5 Å². The maximum atomic E-state index is 3.43. The number of hydrogen-bond donors (Lipinski definition) is 1. The van der Waals surface area contributed by atoms with Crippen molar-refractivity contribution in [1.29, 1.82) is 0 Å². The van der Waals surface area contributed by atoms with E-state index < -0.39 is 0 Å². The van der Waals surface area contributed by atoms with Crippen molar-refractivity contribution in [3.05, 3.63) is 21.9 Å². The summed E-state index contributed by atoms with van der Waals surface area (Å²) < 4.78 is 0. The summed E-state index contributed by atoms with van der Waals surface area (Å²) >= 11 is 1.88. The van der Waals surface area contributed by atoms with Gasteiger partial charge in [-0.15, -0.1) is 23.7 Å². The molecule has 0 aliphatic carbocycles. The van der Waals surface area contributed by atoms with Crippen molar-refractivity contribution >= 4 is 23.7 Å². The number of nitrogens with one attached hydrogen (secondary N) is 1. The van der Waals surface area contributed by atoms with E-state index in [-0.39, 0.29) is 12.4 Å². The van der Waals surface area contributed by atoms with Crippen molar-refractivity contribution in [2.75, 3.05) is 6.54 Å². The maximum Gasteiger partial charge on any atom is 0.0299 e. The molecule has 0 aromatic carbocycles. The summed E-state index contributed by atoms with van der Waals surface area (Å²) in [5.74, 6) is 0. The molecule has 0 radical (unpaired) electrons. The van der Waals surface area contributed by atoms with Crippen LogP contribution in [0, 0.1) is 6.92 Å². The summed E-state index contributed by atoms with van der Waals surface area (Å²) in [6.07, 6.45) is 2.56. The molecule has 76 valence electrons. The lowest BCUT2D eigenvalue weighted by Gasteiger charge is -1.99. The number of rotatable bonds is 5. The van der Waals surface area contributed by atoms with Crippen LogP contribution in [0.25, 0.3) is 0 Å². The first-order chi connectivity index (χ1) is 5.83. The van der Waals surface area contributed by atoms with E-state index in [9.17, 15) is 0 Å². The van der Waals surface area contributed by atoms with E-state index in [1.807, 2.05) is 11.3 Å². The molecular weight excluding hydrogens is 202 g/mol. The highest BCUT2D eigenvalue weighted by Crippen LogP contribution is 2.14. The lowest BCUT2D eigenvalue weighted by atomic mass is 10.3. The fourth-order valence-corrected chi connectivity index (χ4v) is 1.95. The van der Waals surface area contributed by atoms with Gasteiger partial charge in [0.1, 0.15) is 0 Å². The third-order valence-electron chi connectivity index (χ3n) is 1.80. The largest absolute Gasteiger partial charge is 0.312 e. The van der Waals surface area contributed by atoms with Gasteiger partial charge in [-0.2, -0.15) is 0 Å². The molecular formula is C10H18ClNS. The molecule has 0 spiro atoms. The summed E-state index contributed by atoms with van der Waals surface area (Å²) in [6, 6.07) is 4.39. The van der Waals surface area contributed by atoms with Crippen molar-refractivity contribution in [1.82, 2.24) is 5.32 Å². The first-order valence-electron chi connectivity index (χ1n) is 4.59. The smallest absolute Gasteiger partial charge is 0.0299 e. The summed E-state index contributed by atoms with van der Waals surface area (Å²) in [4.78, 5) is 2.85. The van der Waals surface area contributed by atoms with Crippen LogP contribution in [0.2, 0.25) is 0 Å². The van der Waals surface area contributed by atoms with Crippen molar-refractivity contribution < 1.29 is 0 Å². The van der Waals surface area contributed by atoms with E-state index >= 15 is 0 Å². The number of thiophene rings is 1. The number of halogens is 1. The molecule has 1 aromatic rings. The van der Waals surface area contributed by atoms with Gasteiger partial charge in [0, 0.05) is 16.3 Å². The maximum absolute atomic E-state index is 3.43. The Hall–Kier alpha value is -0.0500. The minimum absolute atomic E-state index is 0. The van der Waals surface area contributed by atoms with Gasteiger partial charge in [0.15, 0.2) is 0 Å². The Morgan fingerprint density at radius 1 is 1.38 bits per heavy atom. The topological polar surface area (TPSA) is 12.0 Å². The number of unbranched alkanes of at least 4 members (excludes halogenated alkanes) is 1. The first kappa shape index (κ1) is 12.9. The monoisotopic (exact) mass is 219 g/mol. The molecule has 0 unspecified atom stereocenters. The van der Waals surface area contributed by atoms with Gasteiger partial charge in [0.05, 0.1) is 0 Å². The minimum Gasteiger partial charge on any atom is -0.312 e. The van der Waals surface area contributed by atoms with Gasteiger partial charge in [-0.05, 0) is 32.0 Å². The third kappa shape index (κ3) is 5.29. The van der Waals surface area contributed by atoms with E-state index in [1.165, 1.54) is 22.6 Å². The van der Waals surface area contributed by atoms with Crippen LogP contribution in [0.15, 0.2) is 12.1 Å². The van der Waals surface area contributed by atoms with E-state index in [0.29, 0.717) is 0 Å². The van der Waals surface area contributed by atoms with Crippen LogP contribution >= 0.6 is 23.7 Å². The van der Waals surface area contributed by atoms with Gasteiger partial charge in [-0.1, -0.05) is 13.3 Å². The standard InChI is InChI=1S/C10H17NS.ClH/c1-3-4-7-11-8-10-6-5-9(2)12-10;/h5-6,11H,3-4,7-8H2,1-2H3;1H. The Morgan fingerprint density at radius 2 is 2.15 bits per heavy atom. The number of aryl methyl sites for hydroxylation is 1. The summed E-state index contributed by atoms with van der Waals surface area (Å²) in [5.41, 5.74) is 0. The normalized spacial score (nSPS) is 9.69.